The zero-order valence-corrected chi connectivity index (χ0v) is 30.4. The number of carbonyl (C=O) groups is 3. The van der Waals surface area contributed by atoms with Crippen LogP contribution in [0.1, 0.15) is 181 Å². The number of carboxylic acid groups (broad SMARTS) is 1. The number of amides is 1. The molecule has 7 heteroatoms. The maximum Gasteiger partial charge on any atom is 0.326 e. The predicted octanol–water partition coefficient (Wildman–Crippen LogP) is 10.3. The van der Waals surface area contributed by atoms with Crippen LogP contribution in [0.5, 0.6) is 0 Å². The van der Waals surface area contributed by atoms with E-state index >= 15 is 0 Å². The highest BCUT2D eigenvalue weighted by atomic mass is 16.5. The van der Waals surface area contributed by atoms with Gasteiger partial charge in [-0.3, -0.25) is 9.59 Å². The molecular weight excluding hydrogens is 588 g/mol. The third-order valence-corrected chi connectivity index (χ3v) is 8.47. The molecule has 0 bridgehead atoms. The number of esters is 1. The lowest BCUT2D eigenvalue weighted by molar-refractivity contribution is -0.150. The Morgan fingerprint density at radius 3 is 1.77 bits per heavy atom. The van der Waals surface area contributed by atoms with Gasteiger partial charge >= 0.3 is 11.9 Å². The normalized spacial score (nSPS) is 13.1. The van der Waals surface area contributed by atoms with Gasteiger partial charge in [-0.15, -0.1) is 0 Å². The monoisotopic (exact) mass is 661 g/mol. The Hall–Kier alpha value is -2.41. The predicted molar refractivity (Wildman–Crippen MR) is 197 cm³/mol. The summed E-state index contributed by atoms with van der Waals surface area (Å²) in [5.74, 6) is -1.25. The Labute approximate surface area is 288 Å². The van der Waals surface area contributed by atoms with Gasteiger partial charge < -0.3 is 20.9 Å². The summed E-state index contributed by atoms with van der Waals surface area (Å²) in [6, 6.07) is -0.856. The molecule has 2 unspecified atom stereocenters. The Morgan fingerprint density at radius 2 is 1.17 bits per heavy atom. The summed E-state index contributed by atoms with van der Waals surface area (Å²) in [7, 11) is 0. The van der Waals surface area contributed by atoms with Crippen LogP contribution in [0.3, 0.4) is 0 Å². The maximum atomic E-state index is 12.7. The molecule has 0 aliphatic heterocycles. The van der Waals surface area contributed by atoms with Gasteiger partial charge in [-0.05, 0) is 90.0 Å². The van der Waals surface area contributed by atoms with E-state index in [-0.39, 0.29) is 18.0 Å². The van der Waals surface area contributed by atoms with Gasteiger partial charge in [-0.25, -0.2) is 4.79 Å². The minimum atomic E-state index is -1.01. The number of allylic oxidation sites excluding steroid dienone is 6. The fourth-order valence-electron chi connectivity index (χ4n) is 5.58. The average Bonchev–Trinajstić information content (AvgIpc) is 3.05. The fraction of sp³-hybridized carbons (Fsp3) is 0.775. The summed E-state index contributed by atoms with van der Waals surface area (Å²) in [4.78, 5) is 36.1. The lowest BCUT2D eigenvalue weighted by Crippen LogP contribution is -2.40. The van der Waals surface area contributed by atoms with Gasteiger partial charge in [0.1, 0.15) is 12.1 Å². The molecule has 0 fully saturated rings. The third-order valence-electron chi connectivity index (χ3n) is 8.47. The first kappa shape index (κ1) is 44.6. The molecule has 0 aromatic rings. The molecule has 47 heavy (non-hydrogen) atoms. The highest BCUT2D eigenvalue weighted by Gasteiger charge is 2.19. The number of carbonyl (C=O) groups excluding carboxylic acids is 2. The molecule has 0 saturated heterocycles. The number of hydrogen-bond acceptors (Lipinski definition) is 5. The van der Waals surface area contributed by atoms with Crippen LogP contribution in [0, 0.1) is 0 Å². The molecule has 272 valence electrons. The van der Waals surface area contributed by atoms with Crippen LogP contribution in [0.15, 0.2) is 36.5 Å². The van der Waals surface area contributed by atoms with E-state index in [1.54, 1.807) is 0 Å². The highest BCUT2D eigenvalue weighted by Crippen LogP contribution is 2.18. The van der Waals surface area contributed by atoms with E-state index < -0.39 is 12.0 Å². The summed E-state index contributed by atoms with van der Waals surface area (Å²) in [5.41, 5.74) is 5.46. The zero-order chi connectivity index (χ0) is 34.6. The minimum absolute atomic E-state index is 0.00960. The van der Waals surface area contributed by atoms with Crippen LogP contribution in [-0.2, 0) is 19.1 Å². The van der Waals surface area contributed by atoms with Crippen molar-refractivity contribution >= 4 is 17.8 Å². The van der Waals surface area contributed by atoms with Crippen LogP contribution >= 0.6 is 0 Å². The van der Waals surface area contributed by atoms with Crippen LogP contribution in [0.25, 0.3) is 0 Å². The Morgan fingerprint density at radius 1 is 0.638 bits per heavy atom. The van der Waals surface area contributed by atoms with Crippen LogP contribution < -0.4 is 11.1 Å². The smallest absolute Gasteiger partial charge is 0.326 e. The lowest BCUT2D eigenvalue weighted by atomic mass is 10.0. The van der Waals surface area contributed by atoms with Crippen LogP contribution in [0.2, 0.25) is 0 Å². The first-order chi connectivity index (χ1) is 22.9. The molecule has 0 aromatic carbocycles. The van der Waals surface area contributed by atoms with Gasteiger partial charge in [-0.1, -0.05) is 121 Å². The topological polar surface area (TPSA) is 119 Å². The van der Waals surface area contributed by atoms with Crippen molar-refractivity contribution in [3.63, 3.8) is 0 Å². The van der Waals surface area contributed by atoms with Crippen molar-refractivity contribution in [1.29, 1.82) is 0 Å². The zero-order valence-electron chi connectivity index (χ0n) is 30.4. The summed E-state index contributed by atoms with van der Waals surface area (Å²) in [5, 5.41) is 11.9. The summed E-state index contributed by atoms with van der Waals surface area (Å²) in [6.07, 6.45) is 39.0. The van der Waals surface area contributed by atoms with Gasteiger partial charge in [0.25, 0.3) is 0 Å². The molecule has 0 rings (SSSR count). The van der Waals surface area contributed by atoms with Gasteiger partial charge in [0.05, 0.1) is 0 Å². The van der Waals surface area contributed by atoms with Crippen molar-refractivity contribution in [2.75, 3.05) is 6.54 Å². The van der Waals surface area contributed by atoms with Crippen molar-refractivity contribution in [2.24, 2.45) is 5.73 Å². The Balaban J connectivity index is 4.19. The third kappa shape index (κ3) is 31.9. The minimum Gasteiger partial charge on any atom is -0.480 e. The largest absolute Gasteiger partial charge is 0.480 e. The van der Waals surface area contributed by atoms with Crippen molar-refractivity contribution < 1.29 is 24.2 Å². The van der Waals surface area contributed by atoms with Gasteiger partial charge in [0.2, 0.25) is 5.91 Å². The van der Waals surface area contributed by atoms with E-state index in [4.69, 9.17) is 10.5 Å². The molecule has 0 aliphatic carbocycles. The second-order valence-corrected chi connectivity index (χ2v) is 13.0. The van der Waals surface area contributed by atoms with E-state index in [0.717, 1.165) is 89.9 Å². The molecule has 7 nitrogen and oxygen atoms in total. The quantitative estimate of drug-likeness (QED) is 0.0359. The number of unbranched alkanes of at least 4 members (excludes halogenated alkanes) is 14. The van der Waals surface area contributed by atoms with Crippen LogP contribution in [-0.4, -0.2) is 41.6 Å². The number of nitrogens with two attached hydrogens (primary N) is 1. The van der Waals surface area contributed by atoms with Crippen LogP contribution in [0.4, 0.5) is 0 Å². The summed E-state index contributed by atoms with van der Waals surface area (Å²) < 4.78 is 5.97. The SMILES string of the molecule is CC/C=C\C/C=C\C/C=C\CCCCCCCC(=O)OC(CCCCCCCC)CCCCCCCC(=O)NC(CCCN)C(=O)O. The van der Waals surface area contributed by atoms with Crippen molar-refractivity contribution in [3.8, 4) is 0 Å². The van der Waals surface area contributed by atoms with Crippen molar-refractivity contribution in [2.45, 2.75) is 193 Å². The first-order valence-electron chi connectivity index (χ1n) is 19.3. The first-order valence-corrected chi connectivity index (χ1v) is 19.3. The second kappa shape index (κ2) is 34.9. The average molecular weight is 661 g/mol. The molecule has 1 amide bonds. The fourth-order valence-corrected chi connectivity index (χ4v) is 5.58. The van der Waals surface area contributed by atoms with E-state index in [1.165, 1.54) is 51.4 Å². The Bertz CT molecular complexity index is 838. The van der Waals surface area contributed by atoms with E-state index in [2.05, 4.69) is 55.6 Å². The number of ether oxygens (including phenoxy) is 1. The molecule has 0 aliphatic rings. The van der Waals surface area contributed by atoms with E-state index in [1.807, 2.05) is 0 Å². The molecule has 0 heterocycles. The van der Waals surface area contributed by atoms with E-state index in [9.17, 15) is 19.5 Å². The number of rotatable bonds is 34. The molecule has 0 saturated carbocycles. The van der Waals surface area contributed by atoms with Crippen molar-refractivity contribution in [3.05, 3.63) is 36.5 Å². The maximum absolute atomic E-state index is 12.7. The van der Waals surface area contributed by atoms with Gasteiger partial charge in [0, 0.05) is 12.8 Å². The summed E-state index contributed by atoms with van der Waals surface area (Å²) in [6.45, 7) is 4.80. The molecular formula is C40H72N2O5. The van der Waals surface area contributed by atoms with Gasteiger partial charge in [0.15, 0.2) is 0 Å². The molecule has 0 spiro atoms. The van der Waals surface area contributed by atoms with Gasteiger partial charge in [-0.2, -0.15) is 0 Å². The molecule has 0 aromatic heterocycles. The second-order valence-electron chi connectivity index (χ2n) is 13.0. The number of carboxylic acids is 1. The molecule has 4 N–H and O–H groups in total. The molecule has 2 atom stereocenters. The van der Waals surface area contributed by atoms with Crippen molar-refractivity contribution in [1.82, 2.24) is 5.32 Å². The van der Waals surface area contributed by atoms with E-state index in [0.29, 0.717) is 32.2 Å². The number of hydrogen-bond donors (Lipinski definition) is 3. The summed E-state index contributed by atoms with van der Waals surface area (Å²) >= 11 is 0. The lowest BCUT2D eigenvalue weighted by Gasteiger charge is -2.18. The Kier molecular flexibility index (Phi) is 33.1. The number of nitrogens with one attached hydrogen (secondary N) is 1. The highest BCUT2D eigenvalue weighted by molar-refractivity contribution is 5.83. The number of aliphatic carboxylic acids is 1. The molecule has 0 radical (unpaired) electrons. The standard InChI is InChI=1S/C40H72N2O5/c1-3-5-7-9-11-12-13-14-15-16-17-18-19-24-28-34-39(44)47-36(30-25-21-10-8-6-4-2)31-26-22-20-23-27-33-38(43)42-37(40(45)46)32-29-35-41/h5,7,11-12,14-15,36-37H,3-4,6,8-10,13,16-35,41H2,1-2H3,(H,42,43)(H,45,46)/b7-5-,12-11-,15-14-.